The average Bonchev–Trinajstić information content (AvgIpc) is 1.98. The normalized spacial score (nSPS) is 9.40. The number of hydrogen-bond acceptors (Lipinski definition) is 2. The number of carbonyl (C=O) groups excluding carboxylic acids is 1. The number of nitrogens with two attached hydrogens (primary N) is 1. The summed E-state index contributed by atoms with van der Waals surface area (Å²) < 4.78 is 0. The molecule has 0 spiro atoms. The van der Waals surface area contributed by atoms with E-state index < -0.39 is 0 Å². The quantitative estimate of drug-likeness (QED) is 0.196. The summed E-state index contributed by atoms with van der Waals surface area (Å²) in [5, 5.41) is 0. The monoisotopic (exact) mass is 146 g/mol. The summed E-state index contributed by atoms with van der Waals surface area (Å²) in [7, 11) is 0. The van der Waals surface area contributed by atoms with Gasteiger partial charge in [-0.1, -0.05) is 0 Å². The van der Waals surface area contributed by atoms with Gasteiger partial charge in [0.2, 0.25) is 5.91 Å². The molecule has 0 aromatic rings. The number of hydrogen-bond donors (Lipinski definition) is 3. The lowest BCUT2D eigenvalue weighted by molar-refractivity contribution is -0.368. The van der Waals surface area contributed by atoms with Crippen LogP contribution < -0.4 is 17.0 Å². The van der Waals surface area contributed by atoms with Crippen molar-refractivity contribution in [1.82, 2.24) is 5.43 Å². The molecule has 0 rings (SSSR count). The van der Waals surface area contributed by atoms with Crippen LogP contribution in [0.1, 0.15) is 25.7 Å². The maximum Gasteiger partial charge on any atom is 0.233 e. The molecule has 0 saturated heterocycles. The lowest BCUT2D eigenvalue weighted by atomic mass is 10.2. The van der Waals surface area contributed by atoms with Crippen molar-refractivity contribution in [2.24, 2.45) is 5.84 Å². The number of unbranched alkanes of at least 4 members (excludes halogenated alkanes) is 2. The van der Waals surface area contributed by atoms with Crippen molar-refractivity contribution in [2.45, 2.75) is 25.7 Å². The summed E-state index contributed by atoms with van der Waals surface area (Å²) in [6.07, 6.45) is 3.61. The van der Waals surface area contributed by atoms with E-state index in [1.165, 1.54) is 0 Å². The zero-order valence-electron chi connectivity index (χ0n) is 6.23. The van der Waals surface area contributed by atoms with Crippen LogP contribution in [0.2, 0.25) is 0 Å². The topological polar surface area (TPSA) is 82.8 Å². The lowest BCUT2D eigenvalue weighted by Gasteiger charge is -1.96. The van der Waals surface area contributed by atoms with Gasteiger partial charge >= 0.3 is 0 Å². The molecule has 0 radical (unpaired) electrons. The Morgan fingerprint density at radius 3 is 2.60 bits per heavy atom. The highest BCUT2D eigenvalue weighted by atomic mass is 16.2. The Bertz CT molecular complexity index is 95.0. The summed E-state index contributed by atoms with van der Waals surface area (Å²) in [6.45, 7) is 0.949. The van der Waals surface area contributed by atoms with Crippen LogP contribution in [0.25, 0.3) is 0 Å². The minimum Gasteiger partial charge on any atom is -0.358 e. The Hall–Kier alpha value is -0.610. The Morgan fingerprint density at radius 2 is 2.10 bits per heavy atom. The smallest absolute Gasteiger partial charge is 0.233 e. The van der Waals surface area contributed by atoms with Crippen LogP contribution in [0.15, 0.2) is 0 Å². The van der Waals surface area contributed by atoms with Gasteiger partial charge in [-0.15, -0.1) is 0 Å². The first-order chi connectivity index (χ1) is 4.81. The number of hydrazine groups is 1. The molecule has 0 atom stereocenters. The van der Waals surface area contributed by atoms with Crippen LogP contribution >= 0.6 is 0 Å². The van der Waals surface area contributed by atoms with Gasteiger partial charge in [-0.05, 0) is 19.3 Å². The highest BCUT2D eigenvalue weighted by Gasteiger charge is 1.96. The summed E-state index contributed by atoms with van der Waals surface area (Å²) in [5.74, 6) is 4.80. The highest BCUT2D eigenvalue weighted by Crippen LogP contribution is 1.96. The largest absolute Gasteiger partial charge is 0.358 e. The molecule has 0 unspecified atom stereocenters. The molecule has 10 heavy (non-hydrogen) atoms. The summed E-state index contributed by atoms with van der Waals surface area (Å²) in [4.78, 5) is 10.5. The van der Waals surface area contributed by atoms with Crippen molar-refractivity contribution in [3.63, 3.8) is 0 Å². The van der Waals surface area contributed by atoms with E-state index in [4.69, 9.17) is 5.84 Å². The predicted molar refractivity (Wildman–Crippen MR) is 38.6 cm³/mol. The molecule has 0 fully saturated rings. The van der Waals surface area contributed by atoms with Gasteiger partial charge in [-0.2, -0.15) is 0 Å². The molecule has 60 valence electrons. The Labute approximate surface area is 60.9 Å². The van der Waals surface area contributed by atoms with Gasteiger partial charge in [0, 0.05) is 6.42 Å². The first-order valence-corrected chi connectivity index (χ1v) is 3.60. The van der Waals surface area contributed by atoms with E-state index in [0.717, 1.165) is 25.8 Å². The summed E-state index contributed by atoms with van der Waals surface area (Å²) >= 11 is 0. The third-order valence-electron chi connectivity index (χ3n) is 1.31. The van der Waals surface area contributed by atoms with Crippen LogP contribution in [0, 0.1) is 0 Å². The fraction of sp³-hybridized carbons (Fsp3) is 0.833. The molecule has 0 saturated carbocycles. The molecule has 0 aromatic carbocycles. The predicted octanol–water partition coefficient (Wildman–Crippen LogP) is -1.22. The highest BCUT2D eigenvalue weighted by molar-refractivity contribution is 5.74. The molecule has 0 aliphatic heterocycles. The van der Waals surface area contributed by atoms with E-state index in [2.05, 4.69) is 11.2 Å². The molecule has 1 amide bonds. The van der Waals surface area contributed by atoms with Crippen LogP contribution in [0.4, 0.5) is 0 Å². The van der Waals surface area contributed by atoms with Crippen LogP contribution in [0.5, 0.6) is 0 Å². The van der Waals surface area contributed by atoms with Crippen molar-refractivity contribution in [3.05, 3.63) is 0 Å². The molecule has 0 bridgehead atoms. The maximum absolute atomic E-state index is 10.5. The van der Waals surface area contributed by atoms with E-state index >= 15 is 0 Å². The van der Waals surface area contributed by atoms with Crippen LogP contribution in [-0.4, -0.2) is 12.5 Å². The van der Waals surface area contributed by atoms with Crippen molar-refractivity contribution in [1.29, 1.82) is 0 Å². The first-order valence-electron chi connectivity index (χ1n) is 3.60. The third-order valence-corrected chi connectivity index (χ3v) is 1.31. The SMILES string of the molecule is NNC(=O)CCCCC[NH3+]. The van der Waals surface area contributed by atoms with Gasteiger partial charge in [-0.25, -0.2) is 5.84 Å². The molecular formula is C6H16N3O+. The zero-order valence-corrected chi connectivity index (χ0v) is 6.23. The number of nitrogens with one attached hydrogen (secondary N) is 1. The Morgan fingerprint density at radius 1 is 1.40 bits per heavy atom. The molecule has 6 N–H and O–H groups in total. The third kappa shape index (κ3) is 5.53. The lowest BCUT2D eigenvalue weighted by Crippen LogP contribution is -2.50. The first kappa shape index (κ1) is 9.39. The number of quaternary nitrogens is 1. The van der Waals surface area contributed by atoms with Gasteiger partial charge in [0.25, 0.3) is 0 Å². The van der Waals surface area contributed by atoms with Gasteiger partial charge < -0.3 is 5.73 Å². The second kappa shape index (κ2) is 6.51. The van der Waals surface area contributed by atoms with Gasteiger partial charge in [0.05, 0.1) is 6.54 Å². The van der Waals surface area contributed by atoms with E-state index in [1.807, 2.05) is 0 Å². The van der Waals surface area contributed by atoms with Crippen LogP contribution in [0.3, 0.4) is 0 Å². The standard InChI is InChI=1S/C6H15N3O/c7-5-3-1-2-4-6(10)9-8/h1-5,7-8H2,(H,9,10)/p+1. The molecular weight excluding hydrogens is 130 g/mol. The number of carbonyl (C=O) groups is 1. The minimum absolute atomic E-state index is 0.0796. The van der Waals surface area contributed by atoms with Gasteiger partial charge in [-0.3, -0.25) is 10.2 Å². The molecule has 4 nitrogen and oxygen atoms in total. The van der Waals surface area contributed by atoms with Crippen molar-refractivity contribution in [2.75, 3.05) is 6.54 Å². The van der Waals surface area contributed by atoms with Crippen molar-refractivity contribution >= 4 is 5.91 Å². The van der Waals surface area contributed by atoms with Crippen molar-refractivity contribution < 1.29 is 10.5 Å². The second-order valence-electron chi connectivity index (χ2n) is 2.23. The van der Waals surface area contributed by atoms with E-state index in [-0.39, 0.29) is 5.91 Å². The Kier molecular flexibility index (Phi) is 6.11. The molecule has 4 heteroatoms. The maximum atomic E-state index is 10.5. The summed E-state index contributed by atoms with van der Waals surface area (Å²) in [6, 6.07) is 0. The Balaban J connectivity index is 2.96. The van der Waals surface area contributed by atoms with Gasteiger partial charge in [0.15, 0.2) is 0 Å². The summed E-state index contributed by atoms with van der Waals surface area (Å²) in [5.41, 5.74) is 5.78. The zero-order chi connectivity index (χ0) is 7.82. The van der Waals surface area contributed by atoms with Gasteiger partial charge in [0.1, 0.15) is 0 Å². The molecule has 0 aliphatic carbocycles. The van der Waals surface area contributed by atoms with Crippen LogP contribution in [-0.2, 0) is 4.79 Å². The molecule has 0 aromatic heterocycles. The van der Waals surface area contributed by atoms with E-state index in [0.29, 0.717) is 6.42 Å². The van der Waals surface area contributed by atoms with Crippen molar-refractivity contribution in [3.8, 4) is 0 Å². The number of rotatable bonds is 5. The molecule has 0 heterocycles. The van der Waals surface area contributed by atoms with E-state index in [1.54, 1.807) is 0 Å². The molecule has 0 aliphatic rings. The average molecular weight is 146 g/mol. The fourth-order valence-corrected chi connectivity index (χ4v) is 0.711. The van der Waals surface area contributed by atoms with E-state index in [9.17, 15) is 4.79 Å². The second-order valence-corrected chi connectivity index (χ2v) is 2.23. The number of amides is 1. The fourth-order valence-electron chi connectivity index (χ4n) is 0.711. The minimum atomic E-state index is -0.0796.